The lowest BCUT2D eigenvalue weighted by Crippen LogP contribution is -2.52. The standard InChI is InChI=1S/C17H22N2O5S/c1-12-11-13(19-9-4-10-25(19,23)24)5-6-14(12)15(20)18-17(16(21)22)7-2-3-8-17/h5-6,11H,2-4,7-10H2,1H3,(H,18,20)(H,21,22). The van der Waals surface area contributed by atoms with Crippen molar-refractivity contribution in [3.8, 4) is 0 Å². The topological polar surface area (TPSA) is 104 Å². The Bertz CT molecular complexity index is 812. The van der Waals surface area contributed by atoms with Gasteiger partial charge in [0.2, 0.25) is 10.0 Å². The molecule has 0 aromatic heterocycles. The van der Waals surface area contributed by atoms with E-state index in [2.05, 4.69) is 5.32 Å². The Kier molecular flexibility index (Phi) is 4.49. The number of sulfonamides is 1. The third kappa shape index (κ3) is 3.22. The van der Waals surface area contributed by atoms with Gasteiger partial charge in [-0.05, 0) is 49.9 Å². The number of aliphatic carboxylic acids is 1. The predicted octanol–water partition coefficient (Wildman–Crippen LogP) is 1.66. The van der Waals surface area contributed by atoms with Gasteiger partial charge in [-0.25, -0.2) is 13.2 Å². The van der Waals surface area contributed by atoms with Crippen LogP contribution in [0, 0.1) is 6.92 Å². The average Bonchev–Trinajstić information content (AvgIpc) is 3.14. The van der Waals surface area contributed by atoms with Crippen LogP contribution in [0.1, 0.15) is 48.0 Å². The minimum atomic E-state index is -3.27. The minimum absolute atomic E-state index is 0.134. The molecule has 1 saturated heterocycles. The van der Waals surface area contributed by atoms with Crippen molar-refractivity contribution < 1.29 is 23.1 Å². The molecular formula is C17H22N2O5S. The Morgan fingerprint density at radius 3 is 2.40 bits per heavy atom. The van der Waals surface area contributed by atoms with E-state index >= 15 is 0 Å². The third-order valence-corrected chi connectivity index (χ3v) is 6.93. The van der Waals surface area contributed by atoms with E-state index in [4.69, 9.17) is 0 Å². The molecule has 0 bridgehead atoms. The van der Waals surface area contributed by atoms with E-state index in [1.807, 2.05) is 0 Å². The van der Waals surface area contributed by atoms with Crippen molar-refractivity contribution in [1.82, 2.24) is 5.32 Å². The van der Waals surface area contributed by atoms with Crippen molar-refractivity contribution in [3.05, 3.63) is 29.3 Å². The van der Waals surface area contributed by atoms with Gasteiger partial charge in [0.25, 0.3) is 5.91 Å². The Labute approximate surface area is 147 Å². The average molecular weight is 366 g/mol. The van der Waals surface area contributed by atoms with Crippen LogP contribution >= 0.6 is 0 Å². The Morgan fingerprint density at radius 2 is 1.88 bits per heavy atom. The molecule has 0 unspecified atom stereocenters. The number of carboxylic acid groups (broad SMARTS) is 1. The van der Waals surface area contributed by atoms with E-state index in [0.717, 1.165) is 12.8 Å². The molecule has 1 saturated carbocycles. The van der Waals surface area contributed by atoms with Crippen LogP contribution in [0.15, 0.2) is 18.2 Å². The van der Waals surface area contributed by atoms with Crippen molar-refractivity contribution in [2.24, 2.45) is 0 Å². The molecule has 1 aromatic rings. The van der Waals surface area contributed by atoms with Gasteiger partial charge in [-0.2, -0.15) is 0 Å². The van der Waals surface area contributed by atoms with Crippen LogP contribution in [0.25, 0.3) is 0 Å². The number of aryl methyl sites for hydroxylation is 1. The number of carbonyl (C=O) groups is 2. The van der Waals surface area contributed by atoms with Gasteiger partial charge in [0, 0.05) is 12.1 Å². The van der Waals surface area contributed by atoms with Gasteiger partial charge in [-0.3, -0.25) is 9.10 Å². The zero-order valence-electron chi connectivity index (χ0n) is 14.1. The van der Waals surface area contributed by atoms with Crippen molar-refractivity contribution in [1.29, 1.82) is 0 Å². The van der Waals surface area contributed by atoms with Crippen LogP contribution in [0.4, 0.5) is 5.69 Å². The summed E-state index contributed by atoms with van der Waals surface area (Å²) in [6.45, 7) is 2.17. The molecule has 1 aliphatic heterocycles. The highest BCUT2D eigenvalue weighted by molar-refractivity contribution is 7.93. The summed E-state index contributed by atoms with van der Waals surface area (Å²) in [6, 6.07) is 4.84. The number of hydrogen-bond donors (Lipinski definition) is 2. The summed E-state index contributed by atoms with van der Waals surface area (Å²) in [4.78, 5) is 24.2. The summed E-state index contributed by atoms with van der Waals surface area (Å²) < 4.78 is 25.4. The molecule has 7 nitrogen and oxygen atoms in total. The Hall–Kier alpha value is -2.09. The number of carboxylic acids is 1. The molecule has 2 fully saturated rings. The second-order valence-electron chi connectivity index (χ2n) is 6.79. The third-order valence-electron chi connectivity index (χ3n) is 5.06. The number of amides is 1. The molecule has 1 aromatic carbocycles. The summed E-state index contributed by atoms with van der Waals surface area (Å²) in [5.74, 6) is -1.30. The first-order valence-electron chi connectivity index (χ1n) is 8.42. The van der Waals surface area contributed by atoms with Crippen molar-refractivity contribution in [2.45, 2.75) is 44.6 Å². The number of nitrogens with one attached hydrogen (secondary N) is 1. The van der Waals surface area contributed by atoms with E-state index in [1.165, 1.54) is 4.31 Å². The maximum absolute atomic E-state index is 12.6. The lowest BCUT2D eigenvalue weighted by atomic mass is 9.96. The van der Waals surface area contributed by atoms with Gasteiger partial charge in [0.05, 0.1) is 11.4 Å². The maximum Gasteiger partial charge on any atom is 0.329 e. The zero-order valence-corrected chi connectivity index (χ0v) is 14.9. The first-order valence-corrected chi connectivity index (χ1v) is 10.0. The Balaban J connectivity index is 1.83. The number of rotatable bonds is 4. The SMILES string of the molecule is Cc1cc(N2CCCS2(=O)=O)ccc1C(=O)NC1(C(=O)O)CCCC1. The van der Waals surface area contributed by atoms with E-state index in [0.29, 0.717) is 42.6 Å². The highest BCUT2D eigenvalue weighted by Crippen LogP contribution is 2.31. The van der Waals surface area contributed by atoms with Gasteiger partial charge in [0.1, 0.15) is 5.54 Å². The van der Waals surface area contributed by atoms with Crippen LogP contribution < -0.4 is 9.62 Å². The van der Waals surface area contributed by atoms with Crippen LogP contribution in [-0.2, 0) is 14.8 Å². The van der Waals surface area contributed by atoms with Crippen LogP contribution in [-0.4, -0.2) is 43.2 Å². The number of benzene rings is 1. The molecule has 0 atom stereocenters. The molecule has 1 aliphatic carbocycles. The number of hydrogen-bond acceptors (Lipinski definition) is 4. The lowest BCUT2D eigenvalue weighted by molar-refractivity contribution is -0.144. The number of anilines is 1. The number of nitrogens with zero attached hydrogens (tertiary/aromatic N) is 1. The Morgan fingerprint density at radius 1 is 1.20 bits per heavy atom. The van der Waals surface area contributed by atoms with Crippen LogP contribution in [0.3, 0.4) is 0 Å². The summed E-state index contributed by atoms with van der Waals surface area (Å²) in [5.41, 5.74) is 0.337. The molecule has 2 N–H and O–H groups in total. The van der Waals surface area contributed by atoms with Crippen LogP contribution in [0.5, 0.6) is 0 Å². The largest absolute Gasteiger partial charge is 0.480 e. The van der Waals surface area contributed by atoms with Crippen molar-refractivity contribution in [3.63, 3.8) is 0 Å². The first-order chi connectivity index (χ1) is 11.8. The summed E-state index contributed by atoms with van der Waals surface area (Å²) >= 11 is 0. The van der Waals surface area contributed by atoms with Gasteiger partial charge in [0.15, 0.2) is 0 Å². The smallest absolute Gasteiger partial charge is 0.329 e. The molecule has 3 rings (SSSR count). The van der Waals surface area contributed by atoms with E-state index in [9.17, 15) is 23.1 Å². The van der Waals surface area contributed by atoms with Crippen LogP contribution in [0.2, 0.25) is 0 Å². The van der Waals surface area contributed by atoms with Crippen molar-refractivity contribution in [2.75, 3.05) is 16.6 Å². The van der Waals surface area contributed by atoms with E-state index < -0.39 is 27.4 Å². The highest BCUT2D eigenvalue weighted by Gasteiger charge is 2.42. The fourth-order valence-electron chi connectivity index (χ4n) is 3.64. The molecule has 25 heavy (non-hydrogen) atoms. The fraction of sp³-hybridized carbons (Fsp3) is 0.529. The monoisotopic (exact) mass is 366 g/mol. The van der Waals surface area contributed by atoms with E-state index in [-0.39, 0.29) is 5.75 Å². The maximum atomic E-state index is 12.6. The lowest BCUT2D eigenvalue weighted by Gasteiger charge is -2.26. The first kappa shape index (κ1) is 17.7. The minimum Gasteiger partial charge on any atom is -0.480 e. The fourth-order valence-corrected chi connectivity index (χ4v) is 5.20. The second-order valence-corrected chi connectivity index (χ2v) is 8.80. The summed E-state index contributed by atoms with van der Waals surface area (Å²) in [5, 5.41) is 12.2. The normalized spacial score (nSPS) is 21.2. The number of carbonyl (C=O) groups excluding carboxylic acids is 1. The van der Waals surface area contributed by atoms with Crippen molar-refractivity contribution >= 4 is 27.6 Å². The second kappa shape index (κ2) is 6.33. The molecule has 0 spiro atoms. The summed E-state index contributed by atoms with van der Waals surface area (Å²) in [7, 11) is -3.27. The molecule has 136 valence electrons. The molecule has 1 amide bonds. The highest BCUT2D eigenvalue weighted by atomic mass is 32.2. The molecule has 2 aliphatic rings. The van der Waals surface area contributed by atoms with E-state index in [1.54, 1.807) is 25.1 Å². The van der Waals surface area contributed by atoms with Gasteiger partial charge in [-0.1, -0.05) is 12.8 Å². The molecule has 8 heteroatoms. The van der Waals surface area contributed by atoms with Gasteiger partial charge in [-0.15, -0.1) is 0 Å². The van der Waals surface area contributed by atoms with Gasteiger partial charge >= 0.3 is 5.97 Å². The molecular weight excluding hydrogens is 344 g/mol. The zero-order chi connectivity index (χ0) is 18.2. The molecule has 1 heterocycles. The quantitative estimate of drug-likeness (QED) is 0.843. The predicted molar refractivity (Wildman–Crippen MR) is 93.2 cm³/mol. The summed E-state index contributed by atoms with van der Waals surface area (Å²) in [6.07, 6.45) is 2.99. The van der Waals surface area contributed by atoms with Gasteiger partial charge < -0.3 is 10.4 Å². The molecule has 0 radical (unpaired) electrons.